The summed E-state index contributed by atoms with van der Waals surface area (Å²) in [7, 11) is 2.26. The van der Waals surface area contributed by atoms with Gasteiger partial charge in [0.2, 0.25) is 0 Å². The number of nitrogens with one attached hydrogen (secondary N) is 1. The number of halogens is 3. The van der Waals surface area contributed by atoms with E-state index < -0.39 is 29.8 Å². The molecular formula is C8H11F3N2O3. The summed E-state index contributed by atoms with van der Waals surface area (Å²) < 4.78 is 36.0. The quantitative estimate of drug-likeness (QED) is 0.443. The molecule has 16 heavy (non-hydrogen) atoms. The van der Waals surface area contributed by atoms with Crippen molar-refractivity contribution < 1.29 is 27.9 Å². The Labute approximate surface area is 89.6 Å². The van der Waals surface area contributed by atoms with Crippen molar-refractivity contribution in [1.29, 1.82) is 5.41 Å². The standard InChI is InChI=1S/C8H11F3N2O3/c1-13(16-2)7(15)6(12)5(4-14)3-8(9,10)11/h4,12,14H,3H2,1-2H3/b5-4-,12-6?. The summed E-state index contributed by atoms with van der Waals surface area (Å²) in [5.74, 6) is -1.08. The fourth-order valence-corrected chi connectivity index (χ4v) is 0.792. The van der Waals surface area contributed by atoms with Crippen LogP contribution in [-0.4, -0.2) is 42.1 Å². The molecule has 0 aromatic carbocycles. The molecule has 0 fully saturated rings. The number of aliphatic hydroxyl groups excluding tert-OH is 1. The number of aliphatic hydroxyl groups is 1. The first-order chi connectivity index (χ1) is 7.22. The molecule has 0 unspecified atom stereocenters. The minimum atomic E-state index is -4.60. The van der Waals surface area contributed by atoms with E-state index in [0.29, 0.717) is 5.06 Å². The van der Waals surface area contributed by atoms with Gasteiger partial charge in [-0.25, -0.2) is 5.06 Å². The number of amides is 1. The molecule has 0 aromatic heterocycles. The van der Waals surface area contributed by atoms with E-state index in [1.807, 2.05) is 0 Å². The van der Waals surface area contributed by atoms with Gasteiger partial charge >= 0.3 is 6.18 Å². The van der Waals surface area contributed by atoms with Crippen molar-refractivity contribution in [3.05, 3.63) is 11.8 Å². The van der Waals surface area contributed by atoms with E-state index in [1.165, 1.54) is 0 Å². The molecule has 92 valence electrons. The van der Waals surface area contributed by atoms with E-state index in [4.69, 9.17) is 10.5 Å². The molecule has 0 heterocycles. The third-order valence-electron chi connectivity index (χ3n) is 1.64. The molecule has 0 aliphatic carbocycles. The van der Waals surface area contributed by atoms with E-state index in [1.54, 1.807) is 0 Å². The number of rotatable bonds is 4. The van der Waals surface area contributed by atoms with Crippen molar-refractivity contribution in [2.45, 2.75) is 12.6 Å². The number of carbonyl (C=O) groups is 1. The predicted molar refractivity (Wildman–Crippen MR) is 48.9 cm³/mol. The topological polar surface area (TPSA) is 73.6 Å². The summed E-state index contributed by atoms with van der Waals surface area (Å²) in [6.07, 6.45) is -6.06. The summed E-state index contributed by atoms with van der Waals surface area (Å²) in [5, 5.41) is 16.3. The Bertz CT molecular complexity index is 312. The van der Waals surface area contributed by atoms with E-state index in [9.17, 15) is 18.0 Å². The van der Waals surface area contributed by atoms with Gasteiger partial charge in [0.05, 0.1) is 19.8 Å². The molecule has 0 bridgehead atoms. The van der Waals surface area contributed by atoms with Crippen molar-refractivity contribution in [2.24, 2.45) is 0 Å². The third-order valence-corrected chi connectivity index (χ3v) is 1.64. The first-order valence-corrected chi connectivity index (χ1v) is 4.04. The molecule has 0 saturated carbocycles. The number of hydroxylamine groups is 2. The Morgan fingerprint density at radius 1 is 1.56 bits per heavy atom. The van der Waals surface area contributed by atoms with Crippen LogP contribution in [0.5, 0.6) is 0 Å². The lowest BCUT2D eigenvalue weighted by Gasteiger charge is -2.16. The van der Waals surface area contributed by atoms with Crippen molar-refractivity contribution in [3.8, 4) is 0 Å². The van der Waals surface area contributed by atoms with E-state index >= 15 is 0 Å². The minimum Gasteiger partial charge on any atom is -0.515 e. The van der Waals surface area contributed by atoms with Gasteiger partial charge in [0.15, 0.2) is 0 Å². The average molecular weight is 240 g/mol. The maximum atomic E-state index is 12.0. The molecule has 0 saturated heterocycles. The highest BCUT2D eigenvalue weighted by atomic mass is 19.4. The molecule has 5 nitrogen and oxygen atoms in total. The van der Waals surface area contributed by atoms with Gasteiger partial charge in [-0.2, -0.15) is 13.2 Å². The summed E-state index contributed by atoms with van der Waals surface area (Å²) in [6.45, 7) is 0. The van der Waals surface area contributed by atoms with Crippen LogP contribution < -0.4 is 0 Å². The Kier molecular flexibility index (Phi) is 4.96. The van der Waals surface area contributed by atoms with Gasteiger partial charge in [-0.1, -0.05) is 0 Å². The lowest BCUT2D eigenvalue weighted by Crippen LogP contribution is -2.33. The number of nitrogens with zero attached hydrogens (tertiary/aromatic N) is 1. The largest absolute Gasteiger partial charge is 0.515 e. The Hall–Kier alpha value is -1.57. The monoisotopic (exact) mass is 240 g/mol. The highest BCUT2D eigenvalue weighted by molar-refractivity contribution is 6.43. The zero-order valence-corrected chi connectivity index (χ0v) is 8.63. The second kappa shape index (κ2) is 5.50. The molecule has 0 radical (unpaired) electrons. The van der Waals surface area contributed by atoms with E-state index in [2.05, 4.69) is 4.84 Å². The molecule has 0 atom stereocenters. The van der Waals surface area contributed by atoms with Crippen LogP contribution in [0.25, 0.3) is 0 Å². The molecule has 0 aliphatic rings. The molecular weight excluding hydrogens is 229 g/mol. The maximum absolute atomic E-state index is 12.0. The molecule has 1 amide bonds. The minimum absolute atomic E-state index is 0.0945. The Morgan fingerprint density at radius 2 is 2.06 bits per heavy atom. The highest BCUT2D eigenvalue weighted by Crippen LogP contribution is 2.25. The van der Waals surface area contributed by atoms with Gasteiger partial charge in [-0.15, -0.1) is 0 Å². The van der Waals surface area contributed by atoms with E-state index in [0.717, 1.165) is 14.2 Å². The first-order valence-electron chi connectivity index (χ1n) is 4.04. The third kappa shape index (κ3) is 4.30. The number of alkyl halides is 3. The summed E-state index contributed by atoms with van der Waals surface area (Å²) in [5.41, 5.74) is -1.79. The van der Waals surface area contributed by atoms with Crippen LogP contribution in [0.1, 0.15) is 6.42 Å². The zero-order chi connectivity index (χ0) is 12.9. The fraction of sp³-hybridized carbons (Fsp3) is 0.500. The van der Waals surface area contributed by atoms with Crippen LogP contribution in [0.3, 0.4) is 0 Å². The number of hydrogen-bond donors (Lipinski definition) is 2. The molecule has 0 aliphatic heterocycles. The van der Waals surface area contributed by atoms with Crippen molar-refractivity contribution >= 4 is 11.6 Å². The van der Waals surface area contributed by atoms with Gasteiger partial charge in [-0.3, -0.25) is 15.0 Å². The van der Waals surface area contributed by atoms with Crippen LogP contribution in [0, 0.1) is 5.41 Å². The summed E-state index contributed by atoms with van der Waals surface area (Å²) in [4.78, 5) is 15.6. The van der Waals surface area contributed by atoms with Gasteiger partial charge < -0.3 is 5.11 Å². The molecule has 2 N–H and O–H groups in total. The number of hydrogen-bond acceptors (Lipinski definition) is 4. The maximum Gasteiger partial charge on any atom is 0.393 e. The van der Waals surface area contributed by atoms with E-state index in [-0.39, 0.29) is 6.26 Å². The average Bonchev–Trinajstić information content (AvgIpc) is 2.21. The zero-order valence-electron chi connectivity index (χ0n) is 8.63. The summed E-state index contributed by atoms with van der Waals surface area (Å²) in [6, 6.07) is 0. The van der Waals surface area contributed by atoms with Crippen molar-refractivity contribution in [2.75, 3.05) is 14.2 Å². The Morgan fingerprint density at radius 3 is 2.38 bits per heavy atom. The smallest absolute Gasteiger partial charge is 0.393 e. The molecule has 0 aromatic rings. The Balaban J connectivity index is 4.76. The van der Waals surface area contributed by atoms with Gasteiger partial charge in [0.25, 0.3) is 5.91 Å². The highest BCUT2D eigenvalue weighted by Gasteiger charge is 2.32. The van der Waals surface area contributed by atoms with Crippen LogP contribution in [0.2, 0.25) is 0 Å². The molecule has 0 rings (SSSR count). The fourth-order valence-electron chi connectivity index (χ4n) is 0.792. The van der Waals surface area contributed by atoms with Crippen LogP contribution >= 0.6 is 0 Å². The van der Waals surface area contributed by atoms with Crippen LogP contribution in [-0.2, 0) is 9.63 Å². The summed E-state index contributed by atoms with van der Waals surface area (Å²) >= 11 is 0. The van der Waals surface area contributed by atoms with Crippen LogP contribution in [0.15, 0.2) is 11.8 Å². The second-order valence-electron chi connectivity index (χ2n) is 2.81. The van der Waals surface area contributed by atoms with Crippen molar-refractivity contribution in [3.63, 3.8) is 0 Å². The van der Waals surface area contributed by atoms with Gasteiger partial charge in [0, 0.05) is 12.6 Å². The van der Waals surface area contributed by atoms with Gasteiger partial charge in [-0.05, 0) is 0 Å². The second-order valence-corrected chi connectivity index (χ2v) is 2.81. The molecule has 0 spiro atoms. The SMILES string of the molecule is CON(C)C(=O)C(=N)/C(=C\O)CC(F)(F)F. The predicted octanol–water partition coefficient (Wildman–Crippen LogP) is 1.42. The lowest BCUT2D eigenvalue weighted by molar-refractivity contribution is -0.160. The van der Waals surface area contributed by atoms with Gasteiger partial charge in [0.1, 0.15) is 5.71 Å². The normalized spacial score (nSPS) is 12.4. The van der Waals surface area contributed by atoms with Crippen molar-refractivity contribution in [1.82, 2.24) is 5.06 Å². The first kappa shape index (κ1) is 14.4. The lowest BCUT2D eigenvalue weighted by atomic mass is 10.1. The van der Waals surface area contributed by atoms with Crippen LogP contribution in [0.4, 0.5) is 13.2 Å². The molecule has 8 heteroatoms. The number of carbonyl (C=O) groups excluding carboxylic acids is 1.